The number of rotatable bonds is 4. The number of aryl methyl sites for hydroxylation is 2. The van der Waals surface area contributed by atoms with Gasteiger partial charge in [0.2, 0.25) is 15.0 Å². The average Bonchev–Trinajstić information content (AvgIpc) is 3.34. The van der Waals surface area contributed by atoms with Gasteiger partial charge in [0.1, 0.15) is 13.2 Å². The molecule has 0 aliphatic carbocycles. The second-order valence-electron chi connectivity index (χ2n) is 6.14. The van der Waals surface area contributed by atoms with E-state index in [1.54, 1.807) is 22.5 Å². The van der Waals surface area contributed by atoms with Gasteiger partial charge in [0.15, 0.2) is 5.16 Å². The number of nitrogens with zero attached hydrogens (tertiary/aromatic N) is 4. The van der Waals surface area contributed by atoms with Crippen LogP contribution < -0.4 is 0 Å². The first kappa shape index (κ1) is 20.4. The molecule has 12 heteroatoms. The van der Waals surface area contributed by atoms with Gasteiger partial charge in [-0.3, -0.25) is 9.59 Å². The Morgan fingerprint density at radius 3 is 2.21 bits per heavy atom. The van der Waals surface area contributed by atoms with E-state index in [1.165, 1.54) is 13.8 Å². The Kier molecular flexibility index (Phi) is 6.08. The number of ether oxygens (including phenoxy) is 2. The van der Waals surface area contributed by atoms with Gasteiger partial charge in [-0.1, -0.05) is 11.8 Å². The van der Waals surface area contributed by atoms with E-state index in [0.29, 0.717) is 12.2 Å². The van der Waals surface area contributed by atoms with Crippen LogP contribution in [0.15, 0.2) is 22.7 Å². The summed E-state index contributed by atoms with van der Waals surface area (Å²) in [7, 11) is -3.21. The predicted molar refractivity (Wildman–Crippen MR) is 98.2 cm³/mol. The minimum atomic E-state index is -3.21. The molecule has 10 nitrogen and oxygen atoms in total. The number of esters is 2. The molecule has 152 valence electrons. The summed E-state index contributed by atoms with van der Waals surface area (Å²) in [6, 6.07) is 0. The smallest absolute Gasteiger partial charge is 0.303 e. The van der Waals surface area contributed by atoms with E-state index in [-0.39, 0.29) is 30.1 Å². The second-order valence-corrected chi connectivity index (χ2v) is 9.21. The van der Waals surface area contributed by atoms with Crippen LogP contribution in [0.1, 0.15) is 25.2 Å². The second kappa shape index (κ2) is 8.35. The van der Waals surface area contributed by atoms with Crippen LogP contribution in [0.5, 0.6) is 0 Å². The lowest BCUT2D eigenvalue weighted by atomic mass is 10.5. The van der Waals surface area contributed by atoms with Gasteiger partial charge in [-0.25, -0.2) is 18.4 Å². The number of sulfone groups is 1. The van der Waals surface area contributed by atoms with Crippen LogP contribution in [0, 0.1) is 0 Å². The van der Waals surface area contributed by atoms with Crippen molar-refractivity contribution in [2.45, 2.75) is 50.5 Å². The van der Waals surface area contributed by atoms with Crippen LogP contribution in [0.2, 0.25) is 0 Å². The van der Waals surface area contributed by atoms with Crippen molar-refractivity contribution in [1.82, 2.24) is 19.1 Å². The molecule has 2 aliphatic heterocycles. The van der Waals surface area contributed by atoms with E-state index < -0.39 is 15.8 Å². The molecule has 4 rings (SSSR count). The fraction of sp³-hybridized carbons (Fsp3) is 0.500. The van der Waals surface area contributed by atoms with Gasteiger partial charge in [0, 0.05) is 45.1 Å². The van der Waals surface area contributed by atoms with Crippen LogP contribution in [0.4, 0.5) is 0 Å². The third-order valence-corrected chi connectivity index (χ3v) is 6.44. The molecule has 28 heavy (non-hydrogen) atoms. The Morgan fingerprint density at radius 2 is 1.64 bits per heavy atom. The molecule has 0 fully saturated rings. The quantitative estimate of drug-likeness (QED) is 0.650. The van der Waals surface area contributed by atoms with E-state index in [9.17, 15) is 18.0 Å². The first-order chi connectivity index (χ1) is 13.2. The number of hydrogen-bond acceptors (Lipinski definition) is 9. The molecule has 0 bridgehead atoms. The predicted octanol–water partition coefficient (Wildman–Crippen LogP) is 0.785. The summed E-state index contributed by atoms with van der Waals surface area (Å²) in [5.74, 6) is 0.520. The zero-order valence-corrected chi connectivity index (χ0v) is 17.1. The molecule has 2 aromatic heterocycles. The number of carbonyl (C=O) groups is 2. The molecule has 0 unspecified atom stereocenters. The van der Waals surface area contributed by atoms with Crippen LogP contribution in [-0.2, 0) is 55.2 Å². The van der Waals surface area contributed by atoms with Gasteiger partial charge in [-0.05, 0) is 0 Å². The number of imidazole rings is 2. The van der Waals surface area contributed by atoms with Crippen molar-refractivity contribution in [1.29, 1.82) is 0 Å². The normalized spacial score (nSPS) is 15.9. The summed E-state index contributed by atoms with van der Waals surface area (Å²) in [5, 5.41) is 1.10. The van der Waals surface area contributed by atoms with Crippen molar-refractivity contribution in [3.63, 3.8) is 0 Å². The van der Waals surface area contributed by atoms with E-state index in [2.05, 4.69) is 14.5 Å². The monoisotopic (exact) mass is 428 g/mol. The molecule has 2 aliphatic rings. The van der Waals surface area contributed by atoms with Gasteiger partial charge in [-0.15, -0.1) is 0 Å². The molecule has 0 aromatic carbocycles. The molecule has 0 spiro atoms. The molecule has 0 radical (unpaired) electrons. The van der Waals surface area contributed by atoms with Gasteiger partial charge in [-0.2, -0.15) is 0 Å². The highest BCUT2D eigenvalue weighted by molar-refractivity contribution is 7.99. The van der Waals surface area contributed by atoms with Crippen LogP contribution in [0.3, 0.4) is 0 Å². The van der Waals surface area contributed by atoms with Crippen LogP contribution >= 0.6 is 11.8 Å². The number of fused-ring (bicyclic) bond motifs is 2. The van der Waals surface area contributed by atoms with Crippen molar-refractivity contribution in [3.05, 3.63) is 23.8 Å². The number of aromatic nitrogens is 4. The van der Waals surface area contributed by atoms with Crippen molar-refractivity contribution in [3.8, 4) is 0 Å². The Hall–Kier alpha value is -2.34. The van der Waals surface area contributed by atoms with Gasteiger partial charge in [0.25, 0.3) is 0 Å². The molecule has 4 heterocycles. The number of hydrogen-bond donors (Lipinski definition) is 0. The van der Waals surface area contributed by atoms with E-state index in [0.717, 1.165) is 23.1 Å². The van der Waals surface area contributed by atoms with Gasteiger partial charge < -0.3 is 18.6 Å². The van der Waals surface area contributed by atoms with Crippen molar-refractivity contribution >= 4 is 33.5 Å². The molecular formula is C16H20N4O6S2. The van der Waals surface area contributed by atoms with Crippen LogP contribution in [-0.4, -0.2) is 51.0 Å². The summed E-state index contributed by atoms with van der Waals surface area (Å²) < 4.78 is 36.0. The summed E-state index contributed by atoms with van der Waals surface area (Å²) in [4.78, 5) is 29.3. The maximum absolute atomic E-state index is 11.4. The summed E-state index contributed by atoms with van der Waals surface area (Å²) in [5.41, 5.74) is 1.29. The molecular weight excluding hydrogens is 408 g/mol. The Morgan fingerprint density at radius 1 is 1.04 bits per heavy atom. The van der Waals surface area contributed by atoms with Crippen LogP contribution in [0.25, 0.3) is 0 Å². The summed E-state index contributed by atoms with van der Waals surface area (Å²) in [6.07, 6.45) is 3.54. The molecule has 0 saturated heterocycles. The van der Waals surface area contributed by atoms with Crippen molar-refractivity contribution in [2.24, 2.45) is 0 Å². The topological polar surface area (TPSA) is 122 Å². The van der Waals surface area contributed by atoms with E-state index in [4.69, 9.17) is 9.47 Å². The first-order valence-corrected chi connectivity index (χ1v) is 11.1. The van der Waals surface area contributed by atoms with E-state index >= 15 is 0 Å². The molecule has 0 saturated carbocycles. The first-order valence-electron chi connectivity index (χ1n) is 8.49. The third kappa shape index (κ3) is 4.93. The SMILES string of the molecule is CC(=O)OCc1cn2c(n1)S(=O)(=O)CC2.CC(=O)OCc1cn2c(n1)SCC2. The standard InChI is InChI=1S/C8H10N2O4S.C8H10N2O2S/c1-6(11)14-5-7-4-10-2-3-15(12,13)8(10)9-7;1-6(11)12-5-7-4-10-2-3-13-8(10)9-7/h4H,2-3,5H2,1H3;4H,2-3,5H2,1H3. The largest absolute Gasteiger partial charge is 0.459 e. The Balaban J connectivity index is 0.000000162. The zero-order valence-electron chi connectivity index (χ0n) is 15.5. The lowest BCUT2D eigenvalue weighted by Crippen LogP contribution is -2.03. The number of carbonyl (C=O) groups excluding carboxylic acids is 2. The molecule has 2 aromatic rings. The summed E-state index contributed by atoms with van der Waals surface area (Å²) >= 11 is 1.73. The molecule has 0 amide bonds. The maximum Gasteiger partial charge on any atom is 0.303 e. The van der Waals surface area contributed by atoms with Crippen molar-refractivity contribution < 1.29 is 27.5 Å². The summed E-state index contributed by atoms with van der Waals surface area (Å²) in [6.45, 7) is 4.43. The number of thioether (sulfide) groups is 1. The van der Waals surface area contributed by atoms with Gasteiger partial charge in [0.05, 0.1) is 17.1 Å². The minimum Gasteiger partial charge on any atom is -0.459 e. The van der Waals surface area contributed by atoms with Crippen molar-refractivity contribution in [2.75, 3.05) is 11.5 Å². The molecule has 0 atom stereocenters. The average molecular weight is 428 g/mol. The maximum atomic E-state index is 11.4. The Bertz CT molecular complexity index is 973. The highest BCUT2D eigenvalue weighted by atomic mass is 32.2. The third-order valence-electron chi connectivity index (χ3n) is 3.87. The fourth-order valence-electron chi connectivity index (χ4n) is 2.62. The minimum absolute atomic E-state index is 0.0187. The fourth-order valence-corrected chi connectivity index (χ4v) is 4.96. The van der Waals surface area contributed by atoms with E-state index in [1.807, 2.05) is 6.20 Å². The Labute approximate surface area is 166 Å². The lowest BCUT2D eigenvalue weighted by Gasteiger charge is -1.96. The highest BCUT2D eigenvalue weighted by Gasteiger charge is 2.28. The molecule has 0 N–H and O–H groups in total. The van der Waals surface area contributed by atoms with Gasteiger partial charge >= 0.3 is 11.9 Å². The highest BCUT2D eigenvalue weighted by Crippen LogP contribution is 2.24. The zero-order chi connectivity index (χ0) is 20.3. The lowest BCUT2D eigenvalue weighted by molar-refractivity contribution is -0.143.